The smallest absolute Gasteiger partial charge is 0.137 e. The van der Waals surface area contributed by atoms with E-state index in [0.717, 1.165) is 40.3 Å². The van der Waals surface area contributed by atoms with E-state index in [-0.39, 0.29) is 0 Å². The van der Waals surface area contributed by atoms with E-state index < -0.39 is 0 Å². The first-order chi connectivity index (χ1) is 13.7. The van der Waals surface area contributed by atoms with Crippen LogP contribution in [-0.2, 0) is 0 Å². The Kier molecular flexibility index (Phi) is 4.95. The molecule has 5 rings (SSSR count). The minimum Gasteiger partial charge on any atom is -0.367 e. The van der Waals surface area contributed by atoms with E-state index in [4.69, 9.17) is 11.6 Å². The lowest BCUT2D eigenvalue weighted by Crippen LogP contribution is -2.39. The Morgan fingerprint density at radius 3 is 2.93 bits per heavy atom. The molecule has 28 heavy (non-hydrogen) atoms. The minimum absolute atomic E-state index is 0.439. The fraction of sp³-hybridized carbons (Fsp3) is 0.455. The maximum absolute atomic E-state index is 6.37. The maximum Gasteiger partial charge on any atom is 0.137 e. The summed E-state index contributed by atoms with van der Waals surface area (Å²) in [7, 11) is 0. The number of H-pyrrole nitrogens is 1. The van der Waals surface area contributed by atoms with Gasteiger partial charge in [0.25, 0.3) is 0 Å². The molecule has 2 fully saturated rings. The molecular weight excluding hydrogens is 370 g/mol. The van der Waals surface area contributed by atoms with Gasteiger partial charge in [-0.05, 0) is 80.8 Å². The molecule has 0 bridgehead atoms. The van der Waals surface area contributed by atoms with Gasteiger partial charge in [-0.3, -0.25) is 0 Å². The van der Waals surface area contributed by atoms with Crippen LogP contribution in [0.1, 0.15) is 38.5 Å². The van der Waals surface area contributed by atoms with Crippen molar-refractivity contribution in [3.63, 3.8) is 0 Å². The predicted octanol–water partition coefficient (Wildman–Crippen LogP) is 5.00. The van der Waals surface area contributed by atoms with E-state index in [0.29, 0.717) is 17.2 Å². The quantitative estimate of drug-likeness (QED) is 0.514. The van der Waals surface area contributed by atoms with Crippen molar-refractivity contribution >= 4 is 28.5 Å². The second-order valence-corrected chi connectivity index (χ2v) is 8.61. The fourth-order valence-corrected chi connectivity index (χ4v) is 4.50. The maximum atomic E-state index is 6.37. The number of aromatic nitrogens is 3. The molecule has 0 spiro atoms. The zero-order valence-corrected chi connectivity index (χ0v) is 16.7. The first-order valence-electron chi connectivity index (χ1n) is 10.3. The Labute approximate surface area is 170 Å². The molecule has 2 unspecified atom stereocenters. The van der Waals surface area contributed by atoms with E-state index in [2.05, 4.69) is 37.7 Å². The number of anilines is 1. The largest absolute Gasteiger partial charge is 0.367 e. The highest BCUT2D eigenvalue weighted by Crippen LogP contribution is 2.32. The Bertz CT molecular complexity index is 964. The average molecular weight is 396 g/mol. The van der Waals surface area contributed by atoms with E-state index in [9.17, 15) is 0 Å². The molecule has 5 nitrogen and oxygen atoms in total. The average Bonchev–Trinajstić information content (AvgIpc) is 3.43. The minimum atomic E-state index is 0.439. The number of pyridine rings is 2. The van der Waals surface area contributed by atoms with Gasteiger partial charge in [-0.25, -0.2) is 9.97 Å². The SMILES string of the molecule is Clc1cc(-c2c[nH]c3ncccc23)cc(NC2CCCC(NCC3CC3)C2)n1. The second kappa shape index (κ2) is 7.72. The Hall–Kier alpha value is -2.11. The van der Waals surface area contributed by atoms with E-state index >= 15 is 0 Å². The molecular formula is C22H26ClN5. The van der Waals surface area contributed by atoms with Gasteiger partial charge in [0.2, 0.25) is 0 Å². The van der Waals surface area contributed by atoms with Crippen LogP contribution in [0.3, 0.4) is 0 Å². The number of nitrogens with zero attached hydrogens (tertiary/aromatic N) is 2. The van der Waals surface area contributed by atoms with Gasteiger partial charge in [-0.2, -0.15) is 0 Å². The van der Waals surface area contributed by atoms with Crippen molar-refractivity contribution in [2.75, 3.05) is 11.9 Å². The summed E-state index contributed by atoms with van der Waals surface area (Å²) in [6.45, 7) is 1.19. The normalized spacial score (nSPS) is 22.5. The van der Waals surface area contributed by atoms with Crippen LogP contribution in [0.15, 0.2) is 36.7 Å². The van der Waals surface area contributed by atoms with Crippen LogP contribution < -0.4 is 10.6 Å². The van der Waals surface area contributed by atoms with Crippen molar-refractivity contribution in [1.29, 1.82) is 0 Å². The number of hydrogen-bond donors (Lipinski definition) is 3. The first kappa shape index (κ1) is 18.0. The summed E-state index contributed by atoms with van der Waals surface area (Å²) >= 11 is 6.37. The zero-order valence-electron chi connectivity index (χ0n) is 15.9. The first-order valence-corrected chi connectivity index (χ1v) is 10.7. The molecule has 3 N–H and O–H groups in total. The van der Waals surface area contributed by atoms with Crippen molar-refractivity contribution < 1.29 is 0 Å². The van der Waals surface area contributed by atoms with Gasteiger partial charge in [-0.1, -0.05) is 11.6 Å². The summed E-state index contributed by atoms with van der Waals surface area (Å²) in [4.78, 5) is 12.2. The molecule has 3 aromatic rings. The highest BCUT2D eigenvalue weighted by Gasteiger charge is 2.26. The molecule has 6 heteroatoms. The number of nitrogens with one attached hydrogen (secondary N) is 3. The lowest BCUT2D eigenvalue weighted by Gasteiger charge is -2.31. The highest BCUT2D eigenvalue weighted by molar-refractivity contribution is 6.29. The molecule has 0 saturated heterocycles. The molecule has 2 aliphatic rings. The van der Waals surface area contributed by atoms with Crippen LogP contribution in [0.25, 0.3) is 22.2 Å². The van der Waals surface area contributed by atoms with E-state index in [1.807, 2.05) is 18.3 Å². The van der Waals surface area contributed by atoms with Gasteiger partial charge in [0, 0.05) is 35.4 Å². The summed E-state index contributed by atoms with van der Waals surface area (Å²) in [5.74, 6) is 1.78. The molecule has 2 saturated carbocycles. The van der Waals surface area contributed by atoms with Gasteiger partial charge in [-0.15, -0.1) is 0 Å². The van der Waals surface area contributed by atoms with Gasteiger partial charge >= 0.3 is 0 Å². The molecule has 0 amide bonds. The lowest BCUT2D eigenvalue weighted by atomic mass is 9.91. The third-order valence-corrected chi connectivity index (χ3v) is 6.17. The Morgan fingerprint density at radius 1 is 1.14 bits per heavy atom. The van der Waals surface area contributed by atoms with Gasteiger partial charge in [0.1, 0.15) is 16.6 Å². The predicted molar refractivity (Wildman–Crippen MR) is 115 cm³/mol. The summed E-state index contributed by atoms with van der Waals surface area (Å²) in [5.41, 5.74) is 3.04. The summed E-state index contributed by atoms with van der Waals surface area (Å²) in [6, 6.07) is 9.11. The number of fused-ring (bicyclic) bond motifs is 1. The van der Waals surface area contributed by atoms with Gasteiger partial charge < -0.3 is 15.6 Å². The monoisotopic (exact) mass is 395 g/mol. The third kappa shape index (κ3) is 4.01. The summed E-state index contributed by atoms with van der Waals surface area (Å²) in [6.07, 6.45) is 11.5. The molecule has 2 atom stereocenters. The van der Waals surface area contributed by atoms with Crippen LogP contribution in [0.2, 0.25) is 5.15 Å². The van der Waals surface area contributed by atoms with Crippen LogP contribution in [0, 0.1) is 5.92 Å². The number of aromatic amines is 1. The topological polar surface area (TPSA) is 65.6 Å². The van der Waals surface area contributed by atoms with Crippen molar-refractivity contribution in [1.82, 2.24) is 20.3 Å². The van der Waals surface area contributed by atoms with Crippen molar-refractivity contribution in [3.05, 3.63) is 41.8 Å². The Morgan fingerprint density at radius 2 is 2.04 bits per heavy atom. The third-order valence-electron chi connectivity index (χ3n) is 5.97. The number of rotatable bonds is 6. The number of hydrogen-bond acceptors (Lipinski definition) is 4. The van der Waals surface area contributed by atoms with Crippen molar-refractivity contribution in [3.8, 4) is 11.1 Å². The van der Waals surface area contributed by atoms with Crippen molar-refractivity contribution in [2.24, 2.45) is 5.92 Å². The summed E-state index contributed by atoms with van der Waals surface area (Å²) in [5, 5.41) is 9.02. The van der Waals surface area contributed by atoms with Crippen LogP contribution >= 0.6 is 11.6 Å². The van der Waals surface area contributed by atoms with Gasteiger partial charge in [0.05, 0.1) is 0 Å². The van der Waals surface area contributed by atoms with E-state index in [1.54, 1.807) is 6.20 Å². The molecule has 0 radical (unpaired) electrons. The molecule has 0 aromatic carbocycles. The highest BCUT2D eigenvalue weighted by atomic mass is 35.5. The summed E-state index contributed by atoms with van der Waals surface area (Å²) < 4.78 is 0. The van der Waals surface area contributed by atoms with Crippen LogP contribution in [0.4, 0.5) is 5.82 Å². The molecule has 146 valence electrons. The molecule has 0 aliphatic heterocycles. The molecule has 3 aromatic heterocycles. The van der Waals surface area contributed by atoms with E-state index in [1.165, 1.54) is 38.6 Å². The molecule has 2 aliphatic carbocycles. The van der Waals surface area contributed by atoms with Crippen LogP contribution in [0.5, 0.6) is 0 Å². The lowest BCUT2D eigenvalue weighted by molar-refractivity contribution is 0.348. The van der Waals surface area contributed by atoms with Crippen molar-refractivity contribution in [2.45, 2.75) is 50.6 Å². The van der Waals surface area contributed by atoms with Gasteiger partial charge in [0.15, 0.2) is 0 Å². The number of halogens is 1. The fourth-order valence-electron chi connectivity index (χ4n) is 4.29. The molecule has 3 heterocycles. The van der Waals surface area contributed by atoms with Crippen LogP contribution in [-0.4, -0.2) is 33.6 Å². The second-order valence-electron chi connectivity index (χ2n) is 8.22. The standard InChI is InChI=1S/C22H26ClN5/c23-20-9-15(19-13-26-22-18(19)5-2-8-24-22)10-21(28-20)27-17-4-1-3-16(11-17)25-12-14-6-7-14/h2,5,8-10,13-14,16-17,25H,1,3-4,6-7,11-12H2,(H,24,26)(H,27,28). The Balaban J connectivity index is 1.33. The zero-order chi connectivity index (χ0) is 18.9.